The van der Waals surface area contributed by atoms with E-state index in [0.717, 1.165) is 10.6 Å². The summed E-state index contributed by atoms with van der Waals surface area (Å²) in [7, 11) is -5.42. The Hall–Kier alpha value is -0.497. The molecule has 0 radical (unpaired) electrons. The summed E-state index contributed by atoms with van der Waals surface area (Å²) in [6.07, 6.45) is 2.31. The molecule has 0 saturated heterocycles. The van der Waals surface area contributed by atoms with Crippen molar-refractivity contribution in [1.29, 1.82) is 0 Å². The van der Waals surface area contributed by atoms with Crippen LogP contribution in [0.3, 0.4) is 0 Å². The van der Waals surface area contributed by atoms with Gasteiger partial charge in [0, 0.05) is 0 Å². The van der Waals surface area contributed by atoms with Crippen LogP contribution in [-0.2, 0) is 27.1 Å². The van der Waals surface area contributed by atoms with Crippen LogP contribution in [0.5, 0.6) is 0 Å². The van der Waals surface area contributed by atoms with Crippen LogP contribution in [0.1, 0.15) is 25.7 Å². The predicted octanol–water partition coefficient (Wildman–Crippen LogP) is 1.43. The van der Waals surface area contributed by atoms with Crippen molar-refractivity contribution in [3.05, 3.63) is 30.3 Å². The second-order valence-electron chi connectivity index (χ2n) is 5.11. The SMILES string of the molecule is NC1CCCC[C]1(NS(=O)(=O)C(F)(F)F)[Ru][c]1ccccc1. The number of rotatable bonds is 4. The van der Waals surface area contributed by atoms with Gasteiger partial charge in [0.2, 0.25) is 0 Å². The summed E-state index contributed by atoms with van der Waals surface area (Å²) in [6.45, 7) is 0. The van der Waals surface area contributed by atoms with E-state index in [1.807, 2.05) is 4.72 Å². The summed E-state index contributed by atoms with van der Waals surface area (Å²) in [5.41, 5.74) is 0.715. The van der Waals surface area contributed by atoms with Crippen LogP contribution >= 0.6 is 0 Å². The molecule has 3 N–H and O–H groups in total. The van der Waals surface area contributed by atoms with Crippen LogP contribution in [0.4, 0.5) is 13.2 Å². The molecule has 1 saturated carbocycles. The first-order valence-corrected chi connectivity index (χ1v) is 9.93. The van der Waals surface area contributed by atoms with Gasteiger partial charge in [-0.2, -0.15) is 0 Å². The molecule has 22 heavy (non-hydrogen) atoms. The van der Waals surface area contributed by atoms with Crippen molar-refractivity contribution in [2.75, 3.05) is 0 Å². The van der Waals surface area contributed by atoms with Gasteiger partial charge in [-0.3, -0.25) is 0 Å². The average molecular weight is 423 g/mol. The predicted molar refractivity (Wildman–Crippen MR) is 73.4 cm³/mol. The molecule has 0 aliphatic heterocycles. The molecular formula is C13H17F3N2O2RuS. The molecule has 1 aliphatic carbocycles. The van der Waals surface area contributed by atoms with E-state index in [9.17, 15) is 21.6 Å². The van der Waals surface area contributed by atoms with Crippen molar-refractivity contribution in [3.8, 4) is 0 Å². The Morgan fingerprint density at radius 3 is 2.41 bits per heavy atom. The van der Waals surface area contributed by atoms with E-state index in [-0.39, 0.29) is 0 Å². The standard InChI is InChI=1S/C7H12F3N2O2S.C6H5.Ru/c8-7(9,10)15(13,14)12-6-4-2-1-3-5(6)11;1-2-4-6-5-3-1;/h5,12H,1-4,11H2;1-5H;. The van der Waals surface area contributed by atoms with Crippen molar-refractivity contribution in [2.24, 2.45) is 5.73 Å². The summed E-state index contributed by atoms with van der Waals surface area (Å²) in [5.74, 6) is 0. The van der Waals surface area contributed by atoms with Gasteiger partial charge >= 0.3 is 135 Å². The molecule has 9 heteroatoms. The van der Waals surface area contributed by atoms with Crippen molar-refractivity contribution >= 4 is 14.2 Å². The fraction of sp³-hybridized carbons (Fsp3) is 0.538. The van der Waals surface area contributed by atoms with Crippen LogP contribution in [0.2, 0.25) is 0 Å². The first-order valence-electron chi connectivity index (χ1n) is 6.71. The van der Waals surface area contributed by atoms with Crippen molar-refractivity contribution in [1.82, 2.24) is 4.72 Å². The Labute approximate surface area is 135 Å². The molecule has 0 spiro atoms. The van der Waals surface area contributed by atoms with Gasteiger partial charge < -0.3 is 0 Å². The Morgan fingerprint density at radius 1 is 1.23 bits per heavy atom. The van der Waals surface area contributed by atoms with E-state index < -0.39 is 42.8 Å². The van der Waals surface area contributed by atoms with Gasteiger partial charge in [0.1, 0.15) is 0 Å². The summed E-state index contributed by atoms with van der Waals surface area (Å²) < 4.78 is 62.9. The first kappa shape index (κ1) is 17.9. The Morgan fingerprint density at radius 2 is 1.86 bits per heavy atom. The van der Waals surface area contributed by atoms with Crippen molar-refractivity contribution < 1.29 is 38.7 Å². The molecule has 2 rings (SSSR count). The number of nitrogens with one attached hydrogen (secondary N) is 1. The van der Waals surface area contributed by atoms with Crippen LogP contribution < -0.4 is 14.6 Å². The Kier molecular flexibility index (Phi) is 5.32. The molecule has 0 aromatic heterocycles. The van der Waals surface area contributed by atoms with Gasteiger partial charge in [-0.15, -0.1) is 0 Å². The van der Waals surface area contributed by atoms with Crippen LogP contribution in [-0.4, -0.2) is 24.1 Å². The summed E-state index contributed by atoms with van der Waals surface area (Å²) in [4.78, 5) is 0. The zero-order chi connectivity index (χ0) is 16.4. The fourth-order valence-corrected chi connectivity index (χ4v) is 6.77. The third-order valence-corrected chi connectivity index (χ3v) is 8.15. The molecule has 126 valence electrons. The molecule has 1 aliphatic rings. The third kappa shape index (κ3) is 3.88. The monoisotopic (exact) mass is 424 g/mol. The van der Waals surface area contributed by atoms with Crippen LogP contribution in [0.25, 0.3) is 0 Å². The molecule has 1 aromatic carbocycles. The third-order valence-electron chi connectivity index (χ3n) is 3.47. The van der Waals surface area contributed by atoms with E-state index in [1.165, 1.54) is 0 Å². The molecule has 4 nitrogen and oxygen atoms in total. The molecular weight excluding hydrogens is 406 g/mol. The molecule has 0 heterocycles. The summed E-state index contributed by atoms with van der Waals surface area (Å²) in [5, 5.41) is 0. The molecule has 1 fully saturated rings. The normalized spacial score (nSPS) is 27.0. The van der Waals surface area contributed by atoms with E-state index in [0.29, 0.717) is 19.3 Å². The number of nitrogens with two attached hydrogens (primary N) is 1. The minimum atomic E-state index is -5.42. The minimum absolute atomic E-state index is 0.330. The second kappa shape index (κ2) is 6.55. The van der Waals surface area contributed by atoms with Gasteiger partial charge in [-0.25, -0.2) is 0 Å². The summed E-state index contributed by atoms with van der Waals surface area (Å²) >= 11 is -0.834. The molecule has 0 bridgehead atoms. The van der Waals surface area contributed by atoms with E-state index in [1.54, 1.807) is 30.3 Å². The summed E-state index contributed by atoms with van der Waals surface area (Å²) in [6, 6.07) is 8.34. The fourth-order valence-electron chi connectivity index (χ4n) is 2.34. The number of halogens is 3. The van der Waals surface area contributed by atoms with Gasteiger partial charge in [0.25, 0.3) is 0 Å². The molecule has 2 unspecified atom stereocenters. The van der Waals surface area contributed by atoms with Gasteiger partial charge in [-0.1, -0.05) is 0 Å². The Balaban J connectivity index is 2.34. The molecule has 2 atom stereocenters. The average Bonchev–Trinajstić information content (AvgIpc) is 2.41. The van der Waals surface area contributed by atoms with E-state index >= 15 is 0 Å². The maximum absolute atomic E-state index is 12.7. The van der Waals surface area contributed by atoms with Gasteiger partial charge in [0.05, 0.1) is 0 Å². The van der Waals surface area contributed by atoms with Crippen LogP contribution in [0, 0.1) is 0 Å². The first-order chi connectivity index (χ1) is 10.2. The zero-order valence-electron chi connectivity index (χ0n) is 11.6. The van der Waals surface area contributed by atoms with Crippen molar-refractivity contribution in [2.45, 2.75) is 41.4 Å². The number of benzene rings is 1. The number of hydrogen-bond donors (Lipinski definition) is 2. The molecule has 0 amide bonds. The number of hydrogen-bond acceptors (Lipinski definition) is 3. The van der Waals surface area contributed by atoms with Gasteiger partial charge in [-0.05, 0) is 0 Å². The molecule has 1 aromatic rings. The second-order valence-corrected chi connectivity index (χ2v) is 9.78. The van der Waals surface area contributed by atoms with E-state index in [2.05, 4.69) is 0 Å². The number of alkyl halides is 3. The topological polar surface area (TPSA) is 72.2 Å². The quantitative estimate of drug-likeness (QED) is 0.720. The van der Waals surface area contributed by atoms with Crippen LogP contribution in [0.15, 0.2) is 30.3 Å². The number of sulfonamides is 1. The van der Waals surface area contributed by atoms with Crippen molar-refractivity contribution in [3.63, 3.8) is 0 Å². The van der Waals surface area contributed by atoms with E-state index in [4.69, 9.17) is 5.73 Å². The van der Waals surface area contributed by atoms with Gasteiger partial charge in [0.15, 0.2) is 0 Å². The zero-order valence-corrected chi connectivity index (χ0v) is 14.1. The Bertz CT molecular complexity index is 609. The maximum atomic E-state index is 12.7.